The third kappa shape index (κ3) is 2.20. The first-order valence-electron chi connectivity index (χ1n) is 7.67. The monoisotopic (exact) mass is 292 g/mol. The number of carbonyl (C=O) groups is 1. The van der Waals surface area contributed by atoms with Crippen LogP contribution in [0.4, 0.5) is 0 Å². The lowest BCUT2D eigenvalue weighted by Gasteiger charge is -2.25. The number of hydrogen-bond acceptors (Lipinski definition) is 3. The molecule has 1 amide bonds. The van der Waals surface area contributed by atoms with Crippen molar-refractivity contribution in [1.29, 1.82) is 0 Å². The van der Waals surface area contributed by atoms with Crippen LogP contribution < -0.4 is 5.32 Å². The van der Waals surface area contributed by atoms with Gasteiger partial charge in [-0.2, -0.15) is 5.10 Å². The second kappa shape index (κ2) is 4.69. The van der Waals surface area contributed by atoms with Crippen molar-refractivity contribution >= 4 is 18.1 Å². The lowest BCUT2D eigenvalue weighted by molar-refractivity contribution is -0.123. The summed E-state index contributed by atoms with van der Waals surface area (Å²) in [6.45, 7) is 0.496. The minimum absolute atomic E-state index is 0.207. The van der Waals surface area contributed by atoms with Crippen LogP contribution in [-0.2, 0) is 11.3 Å². The highest BCUT2D eigenvalue weighted by molar-refractivity contribution is 7.71. The van der Waals surface area contributed by atoms with Crippen LogP contribution in [0.5, 0.6) is 0 Å². The summed E-state index contributed by atoms with van der Waals surface area (Å²) in [7, 11) is 0. The van der Waals surface area contributed by atoms with E-state index in [1.807, 2.05) is 0 Å². The molecule has 20 heavy (non-hydrogen) atoms. The van der Waals surface area contributed by atoms with Gasteiger partial charge in [-0.1, -0.05) is 19.3 Å². The molecule has 2 N–H and O–H groups in total. The van der Waals surface area contributed by atoms with Gasteiger partial charge in [0.15, 0.2) is 10.6 Å². The maximum absolute atomic E-state index is 12.2. The Hall–Kier alpha value is -1.17. The Balaban J connectivity index is 1.34. The van der Waals surface area contributed by atoms with Crippen LogP contribution in [-0.4, -0.2) is 20.7 Å². The molecule has 3 aliphatic rings. The number of aromatic nitrogens is 3. The number of carbonyl (C=O) groups excluding carboxylic acids is 1. The van der Waals surface area contributed by atoms with Crippen molar-refractivity contribution in [3.63, 3.8) is 0 Å². The summed E-state index contributed by atoms with van der Waals surface area (Å²) in [6, 6.07) is 0.497. The SMILES string of the molecule is O=C(NCc1n[nH]c(=S)n1C1CC1)C1CC1C1CCC1. The number of nitrogens with zero attached hydrogens (tertiary/aromatic N) is 2. The number of H-pyrrole nitrogens is 1. The highest BCUT2D eigenvalue weighted by Crippen LogP contribution is 2.51. The van der Waals surface area contributed by atoms with Crippen LogP contribution in [0, 0.1) is 22.5 Å². The van der Waals surface area contributed by atoms with Crippen molar-refractivity contribution in [3.05, 3.63) is 10.6 Å². The normalized spacial score (nSPS) is 29.0. The smallest absolute Gasteiger partial charge is 0.223 e. The summed E-state index contributed by atoms with van der Waals surface area (Å²) in [5.74, 6) is 2.82. The van der Waals surface area contributed by atoms with E-state index in [1.165, 1.54) is 32.1 Å². The molecule has 0 saturated heterocycles. The highest BCUT2D eigenvalue weighted by Gasteiger charge is 2.48. The topological polar surface area (TPSA) is 62.7 Å². The minimum atomic E-state index is 0.207. The Kier molecular flexibility index (Phi) is 2.94. The van der Waals surface area contributed by atoms with Gasteiger partial charge in [0.05, 0.1) is 6.54 Å². The fourth-order valence-electron chi connectivity index (χ4n) is 3.37. The molecule has 1 aromatic rings. The maximum Gasteiger partial charge on any atom is 0.223 e. The van der Waals surface area contributed by atoms with Gasteiger partial charge in [0, 0.05) is 12.0 Å². The van der Waals surface area contributed by atoms with Gasteiger partial charge in [0.1, 0.15) is 0 Å². The molecule has 5 nitrogen and oxygen atoms in total. The molecule has 6 heteroatoms. The molecule has 0 bridgehead atoms. The number of nitrogens with one attached hydrogen (secondary N) is 2. The van der Waals surface area contributed by atoms with E-state index < -0.39 is 0 Å². The van der Waals surface area contributed by atoms with Crippen molar-refractivity contribution < 1.29 is 4.79 Å². The molecule has 1 aromatic heterocycles. The van der Waals surface area contributed by atoms with Gasteiger partial charge in [0.25, 0.3) is 0 Å². The predicted octanol–water partition coefficient (Wildman–Crippen LogP) is 2.33. The number of hydrogen-bond donors (Lipinski definition) is 2. The maximum atomic E-state index is 12.2. The van der Waals surface area contributed by atoms with E-state index in [2.05, 4.69) is 20.1 Å². The van der Waals surface area contributed by atoms with E-state index in [1.54, 1.807) is 0 Å². The Bertz CT molecular complexity index is 584. The van der Waals surface area contributed by atoms with E-state index in [-0.39, 0.29) is 11.8 Å². The first-order chi connectivity index (χ1) is 9.74. The minimum Gasteiger partial charge on any atom is -0.349 e. The first kappa shape index (κ1) is 12.6. The average molecular weight is 292 g/mol. The van der Waals surface area contributed by atoms with E-state index in [0.717, 1.165) is 18.2 Å². The average Bonchev–Trinajstić information content (AvgIpc) is 3.26. The number of amides is 1. The zero-order valence-corrected chi connectivity index (χ0v) is 12.3. The lowest BCUT2D eigenvalue weighted by atomic mass is 9.81. The third-order valence-corrected chi connectivity index (χ3v) is 5.33. The molecular weight excluding hydrogens is 272 g/mol. The van der Waals surface area contributed by atoms with Crippen LogP contribution in [0.1, 0.15) is 50.4 Å². The van der Waals surface area contributed by atoms with Crippen molar-refractivity contribution in [3.8, 4) is 0 Å². The fraction of sp³-hybridized carbons (Fsp3) is 0.786. The molecule has 0 radical (unpaired) electrons. The number of aromatic amines is 1. The molecule has 2 atom stereocenters. The Morgan fingerprint density at radius 3 is 2.85 bits per heavy atom. The summed E-state index contributed by atoms with van der Waals surface area (Å²) in [4.78, 5) is 12.2. The van der Waals surface area contributed by atoms with Gasteiger partial charge in [-0.05, 0) is 43.3 Å². The molecule has 2 unspecified atom stereocenters. The van der Waals surface area contributed by atoms with E-state index >= 15 is 0 Å². The molecular formula is C14H20N4OS. The van der Waals surface area contributed by atoms with Gasteiger partial charge in [-0.3, -0.25) is 14.5 Å². The lowest BCUT2D eigenvalue weighted by Crippen LogP contribution is -2.28. The Labute approximate surface area is 123 Å². The van der Waals surface area contributed by atoms with Gasteiger partial charge in [-0.15, -0.1) is 0 Å². The zero-order chi connectivity index (χ0) is 13.7. The van der Waals surface area contributed by atoms with Gasteiger partial charge < -0.3 is 5.32 Å². The van der Waals surface area contributed by atoms with Crippen molar-refractivity contribution in [2.45, 2.75) is 51.1 Å². The van der Waals surface area contributed by atoms with Crippen molar-refractivity contribution in [1.82, 2.24) is 20.1 Å². The summed E-state index contributed by atoms with van der Waals surface area (Å²) >= 11 is 5.24. The summed E-state index contributed by atoms with van der Waals surface area (Å²) in [6.07, 6.45) is 7.43. The molecule has 0 spiro atoms. The summed E-state index contributed by atoms with van der Waals surface area (Å²) in [5.41, 5.74) is 0. The quantitative estimate of drug-likeness (QED) is 0.819. The van der Waals surface area contributed by atoms with Crippen LogP contribution in [0.15, 0.2) is 0 Å². The van der Waals surface area contributed by atoms with E-state index in [0.29, 0.717) is 23.3 Å². The van der Waals surface area contributed by atoms with Gasteiger partial charge in [0.2, 0.25) is 5.91 Å². The highest BCUT2D eigenvalue weighted by atomic mass is 32.1. The Morgan fingerprint density at radius 1 is 1.40 bits per heavy atom. The zero-order valence-electron chi connectivity index (χ0n) is 11.5. The molecule has 0 aromatic carbocycles. The first-order valence-corrected chi connectivity index (χ1v) is 8.08. The summed E-state index contributed by atoms with van der Waals surface area (Å²) < 4.78 is 2.74. The second-order valence-corrected chi connectivity index (χ2v) is 6.85. The molecule has 3 saturated carbocycles. The van der Waals surface area contributed by atoms with E-state index in [9.17, 15) is 4.79 Å². The predicted molar refractivity (Wildman–Crippen MR) is 76.5 cm³/mol. The van der Waals surface area contributed by atoms with Crippen LogP contribution in [0.2, 0.25) is 0 Å². The van der Waals surface area contributed by atoms with Crippen molar-refractivity contribution in [2.24, 2.45) is 17.8 Å². The molecule has 4 rings (SSSR count). The molecule has 3 aliphatic carbocycles. The number of rotatable bonds is 5. The Morgan fingerprint density at radius 2 is 2.20 bits per heavy atom. The third-order valence-electron chi connectivity index (χ3n) is 5.04. The molecule has 1 heterocycles. The largest absolute Gasteiger partial charge is 0.349 e. The van der Waals surface area contributed by atoms with Crippen molar-refractivity contribution in [2.75, 3.05) is 0 Å². The summed E-state index contributed by atoms with van der Waals surface area (Å²) in [5, 5.41) is 10.1. The molecule has 0 aliphatic heterocycles. The van der Waals surface area contributed by atoms with Crippen LogP contribution in [0.25, 0.3) is 0 Å². The standard InChI is InChI=1S/C14H20N4OS/c19-13(11-6-10(11)8-2-1-3-8)15-7-12-16-17-14(20)18(12)9-4-5-9/h8-11H,1-7H2,(H,15,19)(H,17,20). The van der Waals surface area contributed by atoms with Crippen LogP contribution in [0.3, 0.4) is 0 Å². The van der Waals surface area contributed by atoms with Crippen LogP contribution >= 0.6 is 12.2 Å². The van der Waals surface area contributed by atoms with Gasteiger partial charge >= 0.3 is 0 Å². The molecule has 3 fully saturated rings. The molecule has 108 valence electrons. The fourth-order valence-corrected chi connectivity index (χ4v) is 3.67. The van der Waals surface area contributed by atoms with E-state index in [4.69, 9.17) is 12.2 Å². The van der Waals surface area contributed by atoms with Gasteiger partial charge in [-0.25, -0.2) is 0 Å². The second-order valence-electron chi connectivity index (χ2n) is 6.46.